The molecule has 24 heavy (non-hydrogen) atoms. The van der Waals surface area contributed by atoms with Crippen LogP contribution in [0.3, 0.4) is 0 Å². The summed E-state index contributed by atoms with van der Waals surface area (Å²) in [7, 11) is 1.54. The van der Waals surface area contributed by atoms with Crippen LogP contribution < -0.4 is 0 Å². The Hall–Kier alpha value is -1.92. The second-order valence-corrected chi connectivity index (χ2v) is 5.23. The molecule has 0 bridgehead atoms. The quantitative estimate of drug-likeness (QED) is 0.576. The molecule has 1 rings (SSSR count). The molecular weight excluding hydrogens is 310 g/mol. The Labute approximate surface area is 143 Å². The molecular formula is C18H27NO5. The number of carbonyl (C=O) groups excluding carboxylic acids is 2. The number of nitrogens with zero attached hydrogens (tertiary/aromatic N) is 1. The van der Waals surface area contributed by atoms with Gasteiger partial charge in [0.2, 0.25) is 0 Å². The number of carbonyl (C=O) groups is 2. The Morgan fingerprint density at radius 1 is 1.08 bits per heavy atom. The maximum absolute atomic E-state index is 12.3. The van der Waals surface area contributed by atoms with E-state index in [2.05, 4.69) is 0 Å². The lowest BCUT2D eigenvalue weighted by molar-refractivity contribution is -0.153. The van der Waals surface area contributed by atoms with E-state index in [1.54, 1.807) is 13.8 Å². The number of ether oxygens (including phenoxy) is 3. The zero-order valence-corrected chi connectivity index (χ0v) is 14.7. The summed E-state index contributed by atoms with van der Waals surface area (Å²) in [6, 6.07) is 9.20. The van der Waals surface area contributed by atoms with Crippen LogP contribution in [0.1, 0.15) is 25.8 Å². The maximum Gasteiger partial charge on any atom is 0.325 e. The molecule has 0 amide bonds. The molecule has 1 aromatic carbocycles. The average molecular weight is 337 g/mol. The highest BCUT2D eigenvalue weighted by Gasteiger charge is 2.28. The van der Waals surface area contributed by atoms with Crippen LogP contribution in [0.15, 0.2) is 30.3 Å². The predicted molar refractivity (Wildman–Crippen MR) is 90.4 cm³/mol. The van der Waals surface area contributed by atoms with Gasteiger partial charge >= 0.3 is 11.9 Å². The minimum Gasteiger partial charge on any atom is -0.466 e. The van der Waals surface area contributed by atoms with Crippen LogP contribution in [0.5, 0.6) is 0 Å². The lowest BCUT2D eigenvalue weighted by Crippen LogP contribution is -2.45. The zero-order valence-electron chi connectivity index (χ0n) is 14.7. The molecule has 1 aromatic rings. The van der Waals surface area contributed by atoms with E-state index in [1.165, 1.54) is 7.11 Å². The minimum absolute atomic E-state index is 0.203. The van der Waals surface area contributed by atoms with Crippen molar-refractivity contribution < 1.29 is 23.8 Å². The number of benzene rings is 1. The van der Waals surface area contributed by atoms with E-state index in [9.17, 15) is 9.59 Å². The van der Waals surface area contributed by atoms with Crippen molar-refractivity contribution >= 4 is 11.9 Å². The SMILES string of the molecule is CCOC(=O)CCN(Cc1ccccc1)C(COC)C(=O)OCC. The molecule has 134 valence electrons. The third-order valence-corrected chi connectivity index (χ3v) is 3.46. The van der Waals surface area contributed by atoms with E-state index < -0.39 is 6.04 Å². The standard InChI is InChI=1S/C18H27NO5/c1-4-23-17(20)11-12-19(13-15-9-7-6-8-10-15)16(14-22-3)18(21)24-5-2/h6-10,16H,4-5,11-14H2,1-3H3. The van der Waals surface area contributed by atoms with E-state index in [4.69, 9.17) is 14.2 Å². The van der Waals surface area contributed by atoms with E-state index in [0.29, 0.717) is 26.3 Å². The van der Waals surface area contributed by atoms with Gasteiger partial charge in [-0.25, -0.2) is 0 Å². The molecule has 0 saturated heterocycles. The molecule has 1 atom stereocenters. The Balaban J connectivity index is 2.86. The molecule has 6 nitrogen and oxygen atoms in total. The van der Waals surface area contributed by atoms with Gasteiger partial charge in [0.1, 0.15) is 6.04 Å². The zero-order chi connectivity index (χ0) is 17.8. The highest BCUT2D eigenvalue weighted by atomic mass is 16.5. The summed E-state index contributed by atoms with van der Waals surface area (Å²) >= 11 is 0. The molecule has 0 fully saturated rings. The van der Waals surface area contributed by atoms with Crippen molar-refractivity contribution in [3.8, 4) is 0 Å². The first kappa shape index (κ1) is 20.1. The third kappa shape index (κ3) is 7.10. The summed E-state index contributed by atoms with van der Waals surface area (Å²) < 4.78 is 15.3. The van der Waals surface area contributed by atoms with Crippen molar-refractivity contribution in [1.29, 1.82) is 0 Å². The Kier molecular flexibility index (Phi) is 9.72. The summed E-state index contributed by atoms with van der Waals surface area (Å²) in [5, 5.41) is 0. The lowest BCUT2D eigenvalue weighted by Gasteiger charge is -2.29. The molecule has 0 aliphatic rings. The van der Waals surface area contributed by atoms with Crippen molar-refractivity contribution in [2.24, 2.45) is 0 Å². The van der Waals surface area contributed by atoms with Gasteiger partial charge in [0.05, 0.1) is 26.2 Å². The first-order valence-corrected chi connectivity index (χ1v) is 8.21. The summed E-state index contributed by atoms with van der Waals surface area (Å²) in [4.78, 5) is 25.9. The van der Waals surface area contributed by atoms with E-state index in [0.717, 1.165) is 5.56 Å². The molecule has 0 N–H and O–H groups in total. The van der Waals surface area contributed by atoms with Crippen LogP contribution in [0.4, 0.5) is 0 Å². The topological polar surface area (TPSA) is 65.1 Å². The van der Waals surface area contributed by atoms with Crippen molar-refractivity contribution in [2.75, 3.05) is 33.5 Å². The van der Waals surface area contributed by atoms with Crippen LogP contribution in [0, 0.1) is 0 Å². The first-order chi connectivity index (χ1) is 11.6. The molecule has 0 radical (unpaired) electrons. The second-order valence-electron chi connectivity index (χ2n) is 5.23. The Morgan fingerprint density at radius 2 is 1.75 bits per heavy atom. The smallest absolute Gasteiger partial charge is 0.325 e. The van der Waals surface area contributed by atoms with Crippen LogP contribution in [0.25, 0.3) is 0 Å². The summed E-state index contributed by atoms with van der Waals surface area (Å²) in [6.45, 7) is 5.29. The number of rotatable bonds is 11. The molecule has 0 spiro atoms. The fourth-order valence-corrected chi connectivity index (χ4v) is 2.35. The van der Waals surface area contributed by atoms with E-state index in [-0.39, 0.29) is 25.0 Å². The second kappa shape index (κ2) is 11.6. The monoisotopic (exact) mass is 337 g/mol. The lowest BCUT2D eigenvalue weighted by atomic mass is 10.1. The van der Waals surface area contributed by atoms with Gasteiger partial charge in [-0.15, -0.1) is 0 Å². The largest absolute Gasteiger partial charge is 0.466 e. The highest BCUT2D eigenvalue weighted by molar-refractivity contribution is 5.76. The minimum atomic E-state index is -0.565. The normalized spacial score (nSPS) is 12.0. The number of esters is 2. The van der Waals surface area contributed by atoms with Gasteiger partial charge in [-0.3, -0.25) is 14.5 Å². The average Bonchev–Trinajstić information content (AvgIpc) is 2.58. The van der Waals surface area contributed by atoms with Gasteiger partial charge in [0.15, 0.2) is 0 Å². The molecule has 0 heterocycles. The van der Waals surface area contributed by atoms with Crippen LogP contribution in [-0.2, 0) is 30.3 Å². The van der Waals surface area contributed by atoms with Gasteiger partial charge in [-0.05, 0) is 19.4 Å². The number of hydrogen-bond donors (Lipinski definition) is 0. The van der Waals surface area contributed by atoms with Crippen molar-refractivity contribution in [2.45, 2.75) is 32.9 Å². The van der Waals surface area contributed by atoms with Crippen molar-refractivity contribution in [3.05, 3.63) is 35.9 Å². The van der Waals surface area contributed by atoms with Crippen LogP contribution in [-0.4, -0.2) is 56.4 Å². The Bertz CT molecular complexity index is 491. The fraction of sp³-hybridized carbons (Fsp3) is 0.556. The van der Waals surface area contributed by atoms with Crippen LogP contribution >= 0.6 is 0 Å². The third-order valence-electron chi connectivity index (χ3n) is 3.46. The Morgan fingerprint density at radius 3 is 2.33 bits per heavy atom. The van der Waals surface area contributed by atoms with Gasteiger partial charge in [-0.1, -0.05) is 30.3 Å². The van der Waals surface area contributed by atoms with Gasteiger partial charge < -0.3 is 14.2 Å². The molecule has 0 aliphatic carbocycles. The van der Waals surface area contributed by atoms with Gasteiger partial charge in [0, 0.05) is 20.2 Å². The van der Waals surface area contributed by atoms with E-state index >= 15 is 0 Å². The number of methoxy groups -OCH3 is 1. The predicted octanol–water partition coefficient (Wildman–Crippen LogP) is 2.02. The molecule has 6 heteroatoms. The number of hydrogen-bond acceptors (Lipinski definition) is 6. The summed E-state index contributed by atoms with van der Waals surface area (Å²) in [5.74, 6) is -0.630. The highest BCUT2D eigenvalue weighted by Crippen LogP contribution is 2.12. The summed E-state index contributed by atoms with van der Waals surface area (Å²) in [5.41, 5.74) is 1.05. The summed E-state index contributed by atoms with van der Waals surface area (Å²) in [6.07, 6.45) is 0.209. The van der Waals surface area contributed by atoms with E-state index in [1.807, 2.05) is 35.2 Å². The molecule has 0 aliphatic heterocycles. The van der Waals surface area contributed by atoms with Gasteiger partial charge in [-0.2, -0.15) is 0 Å². The molecule has 1 unspecified atom stereocenters. The van der Waals surface area contributed by atoms with Gasteiger partial charge in [0.25, 0.3) is 0 Å². The fourth-order valence-electron chi connectivity index (χ4n) is 2.35. The first-order valence-electron chi connectivity index (χ1n) is 8.21. The maximum atomic E-state index is 12.3. The molecule has 0 saturated carbocycles. The van der Waals surface area contributed by atoms with Crippen molar-refractivity contribution in [3.63, 3.8) is 0 Å². The van der Waals surface area contributed by atoms with Crippen LogP contribution in [0.2, 0.25) is 0 Å². The van der Waals surface area contributed by atoms with Crippen molar-refractivity contribution in [1.82, 2.24) is 4.90 Å². The molecule has 0 aromatic heterocycles.